The third-order valence-corrected chi connectivity index (χ3v) is 8.11. The number of benzene rings is 2. The van der Waals surface area contributed by atoms with E-state index in [0.29, 0.717) is 12.8 Å². The second-order valence-electron chi connectivity index (χ2n) is 9.09. The molecule has 0 aliphatic carbocycles. The summed E-state index contributed by atoms with van der Waals surface area (Å²) in [5.74, 6) is 1.93. The first-order chi connectivity index (χ1) is 14.1. The van der Waals surface area contributed by atoms with Gasteiger partial charge in [0.1, 0.15) is 17.3 Å². The van der Waals surface area contributed by atoms with Crippen molar-refractivity contribution in [1.82, 2.24) is 0 Å². The van der Waals surface area contributed by atoms with Gasteiger partial charge >= 0.3 is 0 Å². The minimum absolute atomic E-state index is 0.0506. The maximum atomic E-state index is 12.3. The van der Waals surface area contributed by atoms with Gasteiger partial charge in [-0.3, -0.25) is 4.79 Å². The third kappa shape index (κ3) is 4.78. The fourth-order valence-corrected chi connectivity index (χ4v) is 7.40. The average molecular weight is 425 g/mol. The molecule has 1 aliphatic heterocycles. The number of ether oxygens (including phenoxy) is 2. The van der Waals surface area contributed by atoms with Crippen molar-refractivity contribution in [2.75, 3.05) is 0 Å². The lowest BCUT2D eigenvalue weighted by atomic mass is 10.0. The summed E-state index contributed by atoms with van der Waals surface area (Å²) >= 11 is 0. The fourth-order valence-electron chi connectivity index (χ4n) is 4.22. The molecule has 0 aromatic heterocycles. The first-order valence-corrected chi connectivity index (χ1v) is 12.0. The normalized spacial score (nSPS) is 18.7. The number of ketones is 1. The molecule has 2 aromatic rings. The molecule has 1 fully saturated rings. The zero-order chi connectivity index (χ0) is 22.1. The van der Waals surface area contributed by atoms with Crippen LogP contribution in [0.3, 0.4) is 0 Å². The molecule has 0 saturated carbocycles. The van der Waals surface area contributed by atoms with Gasteiger partial charge < -0.3 is 9.47 Å². The molecule has 3 rings (SSSR count). The number of carbonyl (C=O) groups is 1. The van der Waals surface area contributed by atoms with E-state index in [4.69, 9.17) is 9.47 Å². The summed E-state index contributed by atoms with van der Waals surface area (Å²) in [5.41, 5.74) is 2.09. The van der Waals surface area contributed by atoms with Crippen LogP contribution in [0.4, 0.5) is 0 Å². The van der Waals surface area contributed by atoms with E-state index in [-0.39, 0.29) is 23.1 Å². The molecule has 1 unspecified atom stereocenters. The van der Waals surface area contributed by atoms with Crippen LogP contribution in [0.15, 0.2) is 54.4 Å². The molecular weight excluding hydrogens is 391 g/mol. The van der Waals surface area contributed by atoms with Gasteiger partial charge in [0.05, 0.1) is 17.8 Å². The van der Waals surface area contributed by atoms with Crippen molar-refractivity contribution in [3.63, 3.8) is 0 Å². The van der Waals surface area contributed by atoms with Crippen LogP contribution in [0.5, 0.6) is 11.5 Å². The Labute approximate surface area is 182 Å². The van der Waals surface area contributed by atoms with Crippen LogP contribution in [0.1, 0.15) is 54.4 Å². The van der Waals surface area contributed by atoms with Crippen molar-refractivity contribution in [3.05, 3.63) is 54.4 Å². The van der Waals surface area contributed by atoms with Gasteiger partial charge in [0.25, 0.3) is 0 Å². The molecule has 0 bridgehead atoms. The number of allylic oxidation sites excluding steroid dienone is 1. The highest BCUT2D eigenvalue weighted by atomic mass is 31.1. The maximum Gasteiger partial charge on any atom is 0.138 e. The molecular formula is C26H33O3P. The zero-order valence-electron chi connectivity index (χ0n) is 19.0. The first kappa shape index (κ1) is 22.6. The van der Waals surface area contributed by atoms with Crippen molar-refractivity contribution in [1.29, 1.82) is 0 Å². The Morgan fingerprint density at radius 2 is 1.50 bits per heavy atom. The molecule has 0 amide bonds. The molecule has 160 valence electrons. The van der Waals surface area contributed by atoms with Crippen LogP contribution < -0.4 is 14.8 Å². The Morgan fingerprint density at radius 1 is 0.933 bits per heavy atom. The van der Waals surface area contributed by atoms with Gasteiger partial charge in [-0.1, -0.05) is 50.8 Å². The van der Waals surface area contributed by atoms with E-state index in [1.54, 1.807) is 0 Å². The molecule has 0 radical (unpaired) electrons. The van der Waals surface area contributed by atoms with Gasteiger partial charge in [0.2, 0.25) is 0 Å². The van der Waals surface area contributed by atoms with E-state index in [9.17, 15) is 4.79 Å². The molecule has 0 N–H and O–H groups in total. The van der Waals surface area contributed by atoms with Crippen molar-refractivity contribution in [2.24, 2.45) is 0 Å². The summed E-state index contributed by atoms with van der Waals surface area (Å²) in [4.78, 5) is 12.3. The van der Waals surface area contributed by atoms with Gasteiger partial charge in [-0.25, -0.2) is 0 Å². The standard InChI is InChI=1S/C26H33O3P/c1-17(2)28-22-12-10-13-23(29-18(3)4)25(22)21-11-8-9-14-24(21)30-19(5)15-20(27)16-26(30,6)7/h8-14,17-18H,5,15-16H2,1-4,6-7H3. The van der Waals surface area contributed by atoms with Crippen LogP contribution in [0, 0.1) is 0 Å². The van der Waals surface area contributed by atoms with E-state index in [0.717, 1.165) is 27.9 Å². The topological polar surface area (TPSA) is 35.5 Å². The highest BCUT2D eigenvalue weighted by Crippen LogP contribution is 2.62. The Bertz CT molecular complexity index is 915. The van der Waals surface area contributed by atoms with E-state index in [1.807, 2.05) is 45.9 Å². The Hall–Kier alpha value is -2.12. The van der Waals surface area contributed by atoms with Crippen LogP contribution in [-0.2, 0) is 4.79 Å². The fraction of sp³-hybridized carbons (Fsp3) is 0.423. The number of hydrogen-bond donors (Lipinski definition) is 0. The molecule has 2 aromatic carbocycles. The second kappa shape index (κ2) is 8.94. The summed E-state index contributed by atoms with van der Waals surface area (Å²) in [7, 11) is -0.734. The summed E-state index contributed by atoms with van der Waals surface area (Å²) in [6.45, 7) is 16.9. The lowest BCUT2D eigenvalue weighted by Crippen LogP contribution is -2.32. The molecule has 3 nitrogen and oxygen atoms in total. The van der Waals surface area contributed by atoms with Gasteiger partial charge in [-0.05, 0) is 69.1 Å². The van der Waals surface area contributed by atoms with Gasteiger partial charge in [0.15, 0.2) is 0 Å². The van der Waals surface area contributed by atoms with Crippen LogP contribution in [-0.4, -0.2) is 23.1 Å². The van der Waals surface area contributed by atoms with Crippen molar-refractivity contribution < 1.29 is 14.3 Å². The minimum Gasteiger partial charge on any atom is -0.490 e. The van der Waals surface area contributed by atoms with Crippen LogP contribution >= 0.6 is 7.92 Å². The van der Waals surface area contributed by atoms with E-state index >= 15 is 0 Å². The maximum absolute atomic E-state index is 12.3. The van der Waals surface area contributed by atoms with Crippen molar-refractivity contribution >= 4 is 19.0 Å². The lowest BCUT2D eigenvalue weighted by Gasteiger charge is -2.41. The average Bonchev–Trinajstić information content (AvgIpc) is 2.60. The van der Waals surface area contributed by atoms with Crippen molar-refractivity contribution in [3.8, 4) is 22.6 Å². The zero-order valence-corrected chi connectivity index (χ0v) is 19.9. The summed E-state index contributed by atoms with van der Waals surface area (Å²) in [6.07, 6.45) is 1.17. The highest BCUT2D eigenvalue weighted by Gasteiger charge is 2.40. The van der Waals surface area contributed by atoms with E-state index < -0.39 is 7.92 Å². The molecule has 30 heavy (non-hydrogen) atoms. The first-order valence-electron chi connectivity index (χ1n) is 10.7. The predicted molar refractivity (Wildman–Crippen MR) is 127 cm³/mol. The molecule has 1 heterocycles. The van der Waals surface area contributed by atoms with Crippen molar-refractivity contribution in [2.45, 2.75) is 71.7 Å². The molecule has 1 aliphatic rings. The SMILES string of the molecule is C=C1CC(=O)CC(C)(C)P1c1ccccc1-c1c(OC(C)C)cccc1OC(C)C. The monoisotopic (exact) mass is 424 g/mol. The number of rotatable bonds is 6. The molecule has 1 saturated heterocycles. The summed E-state index contributed by atoms with van der Waals surface area (Å²) < 4.78 is 12.4. The predicted octanol–water partition coefficient (Wildman–Crippen LogP) is 6.69. The van der Waals surface area contributed by atoms with Crippen LogP contribution in [0.25, 0.3) is 11.1 Å². The summed E-state index contributed by atoms with van der Waals surface area (Å²) in [6, 6.07) is 14.5. The quantitative estimate of drug-likeness (QED) is 0.485. The Kier molecular flexibility index (Phi) is 6.72. The van der Waals surface area contributed by atoms with E-state index in [2.05, 4.69) is 44.7 Å². The lowest BCUT2D eigenvalue weighted by molar-refractivity contribution is -0.118. The number of Topliss-reactive ketones (excluding diaryl/α,β-unsaturated/α-hetero) is 1. The summed E-state index contributed by atoms with van der Waals surface area (Å²) in [5, 5.41) is 2.15. The molecule has 1 atom stereocenters. The number of carbonyl (C=O) groups excluding carboxylic acids is 1. The Balaban J connectivity index is 2.23. The second-order valence-corrected chi connectivity index (χ2v) is 12.1. The third-order valence-electron chi connectivity index (χ3n) is 5.08. The number of hydrogen-bond acceptors (Lipinski definition) is 3. The molecule has 0 spiro atoms. The van der Waals surface area contributed by atoms with Gasteiger partial charge in [0, 0.05) is 12.8 Å². The molecule has 4 heteroatoms. The van der Waals surface area contributed by atoms with E-state index in [1.165, 1.54) is 5.30 Å². The largest absolute Gasteiger partial charge is 0.490 e. The Morgan fingerprint density at radius 3 is 2.03 bits per heavy atom. The van der Waals surface area contributed by atoms with Crippen LogP contribution in [0.2, 0.25) is 0 Å². The van der Waals surface area contributed by atoms with Gasteiger partial charge in [-0.2, -0.15) is 0 Å². The highest BCUT2D eigenvalue weighted by molar-refractivity contribution is 7.71. The minimum atomic E-state index is -0.734. The smallest absolute Gasteiger partial charge is 0.138 e. The van der Waals surface area contributed by atoms with Gasteiger partial charge in [-0.15, -0.1) is 0 Å².